The van der Waals surface area contributed by atoms with Gasteiger partial charge in [0.25, 0.3) is 0 Å². The molecule has 0 radical (unpaired) electrons. The van der Waals surface area contributed by atoms with E-state index in [1.165, 1.54) is 0 Å². The number of benzene rings is 1. The molecule has 4 nitrogen and oxygen atoms in total. The van der Waals surface area contributed by atoms with E-state index in [-0.39, 0.29) is 17.1 Å². The lowest BCUT2D eigenvalue weighted by atomic mass is 9.82. The van der Waals surface area contributed by atoms with Crippen LogP contribution in [0.4, 0.5) is 0 Å². The van der Waals surface area contributed by atoms with Crippen LogP contribution in [-0.4, -0.2) is 54.7 Å². The highest BCUT2D eigenvalue weighted by Gasteiger charge is 2.29. The Morgan fingerprint density at radius 3 is 2.40 bits per heavy atom. The molecule has 0 spiro atoms. The first-order chi connectivity index (χ1) is 11.8. The van der Waals surface area contributed by atoms with Crippen molar-refractivity contribution in [2.24, 2.45) is 5.41 Å². The Hall–Kier alpha value is -1.68. The number of carbonyl (C=O) groups is 2. The molecule has 0 bridgehead atoms. The van der Waals surface area contributed by atoms with Gasteiger partial charge in [0.1, 0.15) is 0 Å². The molecule has 138 valence electrons. The van der Waals surface area contributed by atoms with Gasteiger partial charge in [-0.15, -0.1) is 0 Å². The van der Waals surface area contributed by atoms with Crippen molar-refractivity contribution in [3.8, 4) is 0 Å². The van der Waals surface area contributed by atoms with Crippen LogP contribution in [0.3, 0.4) is 0 Å². The molecule has 25 heavy (non-hydrogen) atoms. The molecule has 1 fully saturated rings. The Bertz CT molecular complexity index is 581. The minimum absolute atomic E-state index is 0.113. The van der Waals surface area contributed by atoms with Crippen LogP contribution in [0.25, 0.3) is 0 Å². The van der Waals surface area contributed by atoms with Gasteiger partial charge < -0.3 is 9.80 Å². The zero-order valence-corrected chi connectivity index (χ0v) is 16.1. The number of rotatable bonds is 6. The zero-order chi connectivity index (χ0) is 18.4. The van der Waals surface area contributed by atoms with E-state index < -0.39 is 0 Å². The highest BCUT2D eigenvalue weighted by atomic mass is 16.2. The van der Waals surface area contributed by atoms with Crippen molar-refractivity contribution < 1.29 is 9.59 Å². The van der Waals surface area contributed by atoms with E-state index in [4.69, 9.17) is 0 Å². The molecule has 1 aliphatic heterocycles. The van der Waals surface area contributed by atoms with Crippen molar-refractivity contribution >= 4 is 11.7 Å². The molecule has 0 aliphatic carbocycles. The van der Waals surface area contributed by atoms with E-state index in [9.17, 15) is 9.59 Å². The van der Waals surface area contributed by atoms with Crippen LogP contribution < -0.4 is 0 Å². The van der Waals surface area contributed by atoms with Crippen LogP contribution in [0.1, 0.15) is 56.3 Å². The monoisotopic (exact) mass is 344 g/mol. The second kappa shape index (κ2) is 8.61. The highest BCUT2D eigenvalue weighted by molar-refractivity contribution is 5.96. The molecule has 0 N–H and O–H groups in total. The molecule has 1 aliphatic rings. The smallest absolute Gasteiger partial charge is 0.223 e. The average molecular weight is 344 g/mol. The third kappa shape index (κ3) is 5.96. The molecule has 4 heteroatoms. The van der Waals surface area contributed by atoms with Crippen LogP contribution in [0.15, 0.2) is 30.3 Å². The van der Waals surface area contributed by atoms with Crippen LogP contribution >= 0.6 is 0 Å². The van der Waals surface area contributed by atoms with Crippen LogP contribution in [0.5, 0.6) is 0 Å². The molecule has 0 unspecified atom stereocenters. The summed E-state index contributed by atoms with van der Waals surface area (Å²) in [5, 5.41) is 0. The van der Waals surface area contributed by atoms with Crippen LogP contribution in [-0.2, 0) is 4.79 Å². The fraction of sp³-hybridized carbons (Fsp3) is 0.619. The third-order valence-electron chi connectivity index (χ3n) is 5.15. The standard InChI is InChI=1S/C21H32N2O2/c1-21(2,15-19(24)17-9-6-5-7-10-17)16-20(25)23-13-8-11-18(12-14-23)22(3)4/h5-7,9-10,18H,8,11-16H2,1-4H3/t18-/m1/s1. The number of likely N-dealkylation sites (tertiary alicyclic amines) is 1. The Balaban J connectivity index is 1.91. The van der Waals surface area contributed by atoms with Gasteiger partial charge in [-0.25, -0.2) is 0 Å². The van der Waals surface area contributed by atoms with Crippen molar-refractivity contribution in [1.29, 1.82) is 0 Å². The number of carbonyl (C=O) groups excluding carboxylic acids is 2. The second-order valence-corrected chi connectivity index (χ2v) is 8.24. The minimum atomic E-state index is -0.322. The van der Waals surface area contributed by atoms with E-state index >= 15 is 0 Å². The lowest BCUT2D eigenvalue weighted by molar-refractivity contribution is -0.133. The third-order valence-corrected chi connectivity index (χ3v) is 5.15. The first-order valence-corrected chi connectivity index (χ1v) is 9.31. The molecule has 0 aromatic heterocycles. The quantitative estimate of drug-likeness (QED) is 0.740. The summed E-state index contributed by atoms with van der Waals surface area (Å²) in [6, 6.07) is 9.91. The molecular weight excluding hydrogens is 312 g/mol. The maximum absolute atomic E-state index is 12.8. The number of Topliss-reactive ketones (excluding diaryl/α,β-unsaturated/α-hetero) is 1. The normalized spacial score (nSPS) is 18.9. The summed E-state index contributed by atoms with van der Waals surface area (Å²) in [5.41, 5.74) is 0.406. The molecule has 2 rings (SSSR count). The van der Waals surface area contributed by atoms with Crippen LogP contribution in [0.2, 0.25) is 0 Å². The molecule has 1 heterocycles. The SMILES string of the molecule is CN(C)[C@@H]1CCCN(C(=O)CC(C)(C)CC(=O)c2ccccc2)CC1. The lowest BCUT2D eigenvalue weighted by Gasteiger charge is -2.28. The first-order valence-electron chi connectivity index (χ1n) is 9.31. The topological polar surface area (TPSA) is 40.6 Å². The van der Waals surface area contributed by atoms with Gasteiger partial charge >= 0.3 is 0 Å². The van der Waals surface area contributed by atoms with Gasteiger partial charge in [0, 0.05) is 37.5 Å². The molecule has 0 saturated carbocycles. The number of hydrogen-bond donors (Lipinski definition) is 0. The summed E-state index contributed by atoms with van der Waals surface area (Å²) in [5.74, 6) is 0.298. The molecule has 1 aromatic carbocycles. The summed E-state index contributed by atoms with van der Waals surface area (Å²) in [7, 11) is 4.22. The molecule has 1 atom stereocenters. The highest BCUT2D eigenvalue weighted by Crippen LogP contribution is 2.28. The molecular formula is C21H32N2O2. The van der Waals surface area contributed by atoms with E-state index in [0.717, 1.165) is 37.9 Å². The predicted molar refractivity (Wildman–Crippen MR) is 102 cm³/mol. The van der Waals surface area contributed by atoms with Gasteiger partial charge in [0.05, 0.1) is 0 Å². The fourth-order valence-corrected chi connectivity index (χ4v) is 3.59. The van der Waals surface area contributed by atoms with Crippen molar-refractivity contribution in [3.05, 3.63) is 35.9 Å². The summed E-state index contributed by atoms with van der Waals surface area (Å²) in [4.78, 5) is 29.5. The average Bonchev–Trinajstić information content (AvgIpc) is 2.81. The number of hydrogen-bond acceptors (Lipinski definition) is 3. The van der Waals surface area contributed by atoms with Crippen molar-refractivity contribution in [3.63, 3.8) is 0 Å². The van der Waals surface area contributed by atoms with Crippen molar-refractivity contribution in [2.45, 2.75) is 52.0 Å². The molecule has 1 aromatic rings. The molecule has 1 saturated heterocycles. The van der Waals surface area contributed by atoms with E-state index in [1.54, 1.807) is 0 Å². The van der Waals surface area contributed by atoms with Gasteiger partial charge in [0.15, 0.2) is 5.78 Å². The fourth-order valence-electron chi connectivity index (χ4n) is 3.59. The maximum atomic E-state index is 12.8. The Kier molecular flexibility index (Phi) is 6.77. The van der Waals surface area contributed by atoms with E-state index in [1.807, 2.05) is 49.1 Å². The second-order valence-electron chi connectivity index (χ2n) is 8.24. The van der Waals surface area contributed by atoms with Gasteiger partial charge in [-0.1, -0.05) is 44.2 Å². The van der Waals surface area contributed by atoms with Gasteiger partial charge in [-0.3, -0.25) is 9.59 Å². The van der Waals surface area contributed by atoms with E-state index in [0.29, 0.717) is 18.9 Å². The minimum Gasteiger partial charge on any atom is -0.343 e. The van der Waals surface area contributed by atoms with Crippen LogP contribution in [0, 0.1) is 5.41 Å². The molecule has 1 amide bonds. The first kappa shape index (κ1) is 19.6. The Labute approximate surface area is 152 Å². The Morgan fingerprint density at radius 2 is 1.76 bits per heavy atom. The summed E-state index contributed by atoms with van der Waals surface area (Å²) >= 11 is 0. The van der Waals surface area contributed by atoms with Crippen molar-refractivity contribution in [2.75, 3.05) is 27.2 Å². The number of ketones is 1. The largest absolute Gasteiger partial charge is 0.343 e. The van der Waals surface area contributed by atoms with Gasteiger partial charge in [-0.2, -0.15) is 0 Å². The van der Waals surface area contributed by atoms with Gasteiger partial charge in [-0.05, 0) is 38.8 Å². The Morgan fingerprint density at radius 1 is 1.08 bits per heavy atom. The maximum Gasteiger partial charge on any atom is 0.223 e. The lowest BCUT2D eigenvalue weighted by Crippen LogP contribution is -2.36. The number of nitrogens with zero attached hydrogens (tertiary/aromatic N) is 2. The van der Waals surface area contributed by atoms with Crippen molar-refractivity contribution in [1.82, 2.24) is 9.80 Å². The zero-order valence-electron chi connectivity index (χ0n) is 16.1. The predicted octanol–water partition coefficient (Wildman–Crippen LogP) is 3.62. The summed E-state index contributed by atoms with van der Waals surface area (Å²) in [6.45, 7) is 5.70. The summed E-state index contributed by atoms with van der Waals surface area (Å²) < 4.78 is 0. The van der Waals surface area contributed by atoms with Gasteiger partial charge in [0.2, 0.25) is 5.91 Å². The number of amides is 1. The summed E-state index contributed by atoms with van der Waals surface area (Å²) in [6.07, 6.45) is 4.06. The van der Waals surface area contributed by atoms with E-state index in [2.05, 4.69) is 19.0 Å².